The van der Waals surface area contributed by atoms with Crippen molar-refractivity contribution >= 4 is 5.97 Å². The van der Waals surface area contributed by atoms with Crippen LogP contribution in [0.3, 0.4) is 0 Å². The van der Waals surface area contributed by atoms with Gasteiger partial charge in [0.05, 0.1) is 0 Å². The van der Waals surface area contributed by atoms with E-state index in [9.17, 15) is 0 Å². The molecule has 0 amide bonds. The van der Waals surface area contributed by atoms with Gasteiger partial charge in [0.2, 0.25) is 0 Å². The van der Waals surface area contributed by atoms with E-state index >= 15 is 0 Å². The summed E-state index contributed by atoms with van der Waals surface area (Å²) in [6.45, 7) is 1.08. The molecule has 0 aliphatic rings. The van der Waals surface area contributed by atoms with Gasteiger partial charge in [-0.1, -0.05) is 0 Å². The third kappa shape index (κ3) is 8170. The van der Waals surface area contributed by atoms with E-state index < -0.39 is 5.97 Å². The molecule has 0 atom stereocenters. The third-order valence-electron chi connectivity index (χ3n) is 0. The summed E-state index contributed by atoms with van der Waals surface area (Å²) in [6, 6.07) is 0. The Morgan fingerprint density at radius 3 is 1.25 bits per heavy atom. The molecule has 0 bridgehead atoms. The zero-order valence-corrected chi connectivity index (χ0v) is 5.41. The third-order valence-corrected chi connectivity index (χ3v) is 0. The molecule has 55 valence electrons. The number of hydrogen-bond acceptors (Lipinski definition) is 1. The molecule has 0 aliphatic carbocycles. The molecule has 0 unspecified atom stereocenters. The zero-order chi connectivity index (χ0) is 3.58. The minimum absolute atomic E-state index is 0. The van der Waals surface area contributed by atoms with Gasteiger partial charge >= 0.3 is 0 Å². The van der Waals surface area contributed by atoms with Crippen molar-refractivity contribution < 1.29 is 43.4 Å². The van der Waals surface area contributed by atoms with Gasteiger partial charge < -0.3 is 21.5 Å². The molecular formula is C2H10MnO5. The van der Waals surface area contributed by atoms with E-state index in [4.69, 9.17) is 9.90 Å². The smallest absolute Gasteiger partial charge is 0.300 e. The van der Waals surface area contributed by atoms with Crippen LogP contribution in [0.15, 0.2) is 0 Å². The predicted molar refractivity (Wildman–Crippen MR) is 24.2 cm³/mol. The summed E-state index contributed by atoms with van der Waals surface area (Å²) in [5, 5.41) is 7.42. The summed E-state index contributed by atoms with van der Waals surface area (Å²) in [5.74, 6) is -0.833. The zero-order valence-electron chi connectivity index (χ0n) is 4.23. The van der Waals surface area contributed by atoms with Crippen LogP contribution in [0, 0.1) is 0 Å². The number of carbonyl (C=O) groups is 1. The van der Waals surface area contributed by atoms with E-state index in [1.54, 1.807) is 0 Å². The minimum atomic E-state index is -0.833. The summed E-state index contributed by atoms with van der Waals surface area (Å²) in [7, 11) is 0. The van der Waals surface area contributed by atoms with Crippen LogP contribution in [0.4, 0.5) is 0 Å². The Morgan fingerprint density at radius 1 is 1.25 bits per heavy atom. The van der Waals surface area contributed by atoms with Crippen LogP contribution in [0.5, 0.6) is 0 Å². The Balaban J connectivity index is -0.00000000750. The second-order valence-corrected chi connectivity index (χ2v) is 0.519. The number of hydrogen-bond donors (Lipinski definition) is 1. The van der Waals surface area contributed by atoms with Crippen LogP contribution in [-0.4, -0.2) is 27.5 Å². The maximum atomic E-state index is 9.00. The van der Waals surface area contributed by atoms with Crippen LogP contribution in [0.1, 0.15) is 6.92 Å². The molecule has 0 aromatic rings. The fraction of sp³-hybridized carbons (Fsp3) is 0.500. The molecule has 6 heteroatoms. The van der Waals surface area contributed by atoms with Crippen LogP contribution in [0.2, 0.25) is 0 Å². The first-order chi connectivity index (χ1) is 1.73. The Hall–Kier alpha value is -0.131. The van der Waals surface area contributed by atoms with E-state index in [1.165, 1.54) is 0 Å². The fourth-order valence-corrected chi connectivity index (χ4v) is 0. The molecular weight excluding hydrogens is 159 g/mol. The van der Waals surface area contributed by atoms with Crippen LogP contribution < -0.4 is 0 Å². The van der Waals surface area contributed by atoms with Gasteiger partial charge in [-0.25, -0.2) is 0 Å². The number of carboxylic acids is 1. The van der Waals surface area contributed by atoms with Crippen molar-refractivity contribution in [2.24, 2.45) is 0 Å². The predicted octanol–water partition coefficient (Wildman–Crippen LogP) is -2.39. The van der Waals surface area contributed by atoms with Gasteiger partial charge in [0.25, 0.3) is 5.97 Å². The van der Waals surface area contributed by atoms with Gasteiger partial charge in [0.15, 0.2) is 0 Å². The van der Waals surface area contributed by atoms with Crippen molar-refractivity contribution in [3.05, 3.63) is 0 Å². The minimum Gasteiger partial charge on any atom is -0.481 e. The molecule has 8 heavy (non-hydrogen) atoms. The van der Waals surface area contributed by atoms with Crippen LogP contribution in [0.25, 0.3) is 0 Å². The fourth-order valence-electron chi connectivity index (χ4n) is 0. The van der Waals surface area contributed by atoms with Crippen molar-refractivity contribution in [1.29, 1.82) is 0 Å². The Labute approximate surface area is 57.1 Å². The Bertz CT molecular complexity index is 33.4. The molecule has 0 heterocycles. The molecule has 5 nitrogen and oxygen atoms in total. The normalized spacial score (nSPS) is 3.12. The Morgan fingerprint density at radius 2 is 1.25 bits per heavy atom. The average molecular weight is 169 g/mol. The quantitative estimate of drug-likeness (QED) is 0.405. The molecule has 0 aromatic heterocycles. The molecule has 0 spiro atoms. The van der Waals surface area contributed by atoms with Gasteiger partial charge in [-0.15, -0.1) is 0 Å². The summed E-state index contributed by atoms with van der Waals surface area (Å²) in [5.41, 5.74) is 0. The average Bonchev–Trinajstić information content (AvgIpc) is 0.811. The van der Waals surface area contributed by atoms with Gasteiger partial charge in [-0.3, -0.25) is 4.79 Å². The van der Waals surface area contributed by atoms with Gasteiger partial charge in [-0.2, -0.15) is 0 Å². The second kappa shape index (κ2) is 28.7. The Kier molecular flexibility index (Phi) is 162. The van der Waals surface area contributed by atoms with Gasteiger partial charge in [0.1, 0.15) is 0 Å². The summed E-state index contributed by atoms with van der Waals surface area (Å²) in [6.07, 6.45) is 0. The van der Waals surface area contributed by atoms with E-state index in [1.807, 2.05) is 0 Å². The number of rotatable bonds is 0. The first-order valence-electron chi connectivity index (χ1n) is 0.928. The molecule has 0 saturated heterocycles. The van der Waals surface area contributed by atoms with Gasteiger partial charge in [0, 0.05) is 24.0 Å². The van der Waals surface area contributed by atoms with Crippen LogP contribution in [-0.2, 0) is 21.9 Å². The second-order valence-electron chi connectivity index (χ2n) is 0.519. The van der Waals surface area contributed by atoms with E-state index in [0.29, 0.717) is 0 Å². The van der Waals surface area contributed by atoms with Crippen molar-refractivity contribution in [2.45, 2.75) is 6.92 Å². The largest absolute Gasteiger partial charge is 0.481 e. The monoisotopic (exact) mass is 169 g/mol. The molecule has 0 fully saturated rings. The van der Waals surface area contributed by atoms with E-state index in [0.717, 1.165) is 6.92 Å². The first-order valence-corrected chi connectivity index (χ1v) is 0.928. The van der Waals surface area contributed by atoms with E-state index in [-0.39, 0.29) is 33.5 Å². The van der Waals surface area contributed by atoms with Crippen LogP contribution >= 0.6 is 0 Å². The van der Waals surface area contributed by atoms with E-state index in [2.05, 4.69) is 0 Å². The van der Waals surface area contributed by atoms with Crippen molar-refractivity contribution in [3.63, 3.8) is 0 Å². The van der Waals surface area contributed by atoms with Crippen molar-refractivity contribution in [2.75, 3.05) is 0 Å². The summed E-state index contributed by atoms with van der Waals surface area (Å²) >= 11 is 0. The molecule has 7 N–H and O–H groups in total. The maximum absolute atomic E-state index is 9.00. The summed E-state index contributed by atoms with van der Waals surface area (Å²) < 4.78 is 0. The summed E-state index contributed by atoms with van der Waals surface area (Å²) in [4.78, 5) is 9.00. The van der Waals surface area contributed by atoms with Gasteiger partial charge in [-0.05, 0) is 0 Å². The van der Waals surface area contributed by atoms with Crippen molar-refractivity contribution in [1.82, 2.24) is 0 Å². The molecule has 0 saturated carbocycles. The standard InChI is InChI=1S/C2H4O2.Mn.3H2O/c1-2(3)4;;;;/h1H3,(H,3,4);;3*1H2. The SMILES string of the molecule is CC(=O)O.O.O.O.[Mn]. The number of aliphatic carboxylic acids is 1. The molecule has 0 aromatic carbocycles. The maximum Gasteiger partial charge on any atom is 0.300 e. The number of carboxylic acid groups (broad SMARTS) is 1. The molecule has 0 aliphatic heterocycles. The molecule has 0 rings (SSSR count). The van der Waals surface area contributed by atoms with Crippen molar-refractivity contribution in [3.8, 4) is 0 Å². The topological polar surface area (TPSA) is 132 Å². The molecule has 1 radical (unpaired) electrons. The first kappa shape index (κ1) is 45.1.